The summed E-state index contributed by atoms with van der Waals surface area (Å²) in [5.41, 5.74) is 9.02. The number of benzene rings is 3. The molecule has 0 fully saturated rings. The van der Waals surface area contributed by atoms with Gasteiger partial charge in [0.25, 0.3) is 0 Å². The molecule has 3 rings (SSSR count). The van der Waals surface area contributed by atoms with Crippen LogP contribution in [0.15, 0.2) is 59.8 Å². The first-order chi connectivity index (χ1) is 14.6. The third-order valence-electron chi connectivity index (χ3n) is 6.50. The van der Waals surface area contributed by atoms with Crippen LogP contribution in [-0.2, 0) is 0 Å². The van der Waals surface area contributed by atoms with Gasteiger partial charge in [0.2, 0.25) is 0 Å². The second-order valence-electron chi connectivity index (χ2n) is 9.36. The minimum Gasteiger partial charge on any atom is -0.389 e. The first kappa shape index (κ1) is 23.2. The topological polar surface area (TPSA) is 20.2 Å². The quantitative estimate of drug-likeness (QED) is 0.514. The summed E-state index contributed by atoms with van der Waals surface area (Å²) < 4.78 is 0. The third kappa shape index (κ3) is 4.46. The molecular formula is C29H36OSi. The maximum atomic E-state index is 11.2. The van der Waals surface area contributed by atoms with E-state index in [-0.39, 0.29) is 0 Å². The Morgan fingerprint density at radius 1 is 0.742 bits per heavy atom. The number of rotatable bonds is 5. The molecule has 1 N–H and O–H groups in total. The number of hydrogen-bond acceptors (Lipinski definition) is 1. The van der Waals surface area contributed by atoms with Crippen molar-refractivity contribution >= 4 is 24.5 Å². The summed E-state index contributed by atoms with van der Waals surface area (Å²) in [7, 11) is -2.49. The van der Waals surface area contributed by atoms with Gasteiger partial charge in [0.15, 0.2) is 0 Å². The van der Waals surface area contributed by atoms with E-state index in [2.05, 4.69) is 103 Å². The zero-order valence-electron chi connectivity index (χ0n) is 20.3. The van der Waals surface area contributed by atoms with Crippen molar-refractivity contribution in [2.24, 2.45) is 0 Å². The fourth-order valence-electron chi connectivity index (χ4n) is 5.76. The highest BCUT2D eigenvalue weighted by atomic mass is 28.3. The van der Waals surface area contributed by atoms with Gasteiger partial charge in [-0.2, -0.15) is 0 Å². The molecule has 1 atom stereocenters. The minimum absolute atomic E-state index is 0.530. The van der Waals surface area contributed by atoms with Crippen LogP contribution in [0.5, 0.6) is 0 Å². The number of aryl methyl sites for hydroxylation is 6. The van der Waals surface area contributed by atoms with Crippen molar-refractivity contribution in [3.8, 4) is 0 Å². The molecule has 0 aliphatic heterocycles. The molecule has 0 aromatic heterocycles. The van der Waals surface area contributed by atoms with E-state index in [0.29, 0.717) is 0 Å². The second kappa shape index (κ2) is 8.98. The van der Waals surface area contributed by atoms with Crippen LogP contribution in [-0.4, -0.2) is 19.3 Å². The fraction of sp³-hybridized carbons (Fsp3) is 0.310. The SMILES string of the molecule is Cc1cc(C)c([Si](C)(/C(=C/c2ccccc2)C(C)O)c2c(C)cc(C)cc2C)c(C)c1. The van der Waals surface area contributed by atoms with Gasteiger partial charge in [0.05, 0.1) is 6.10 Å². The Morgan fingerprint density at radius 3 is 1.48 bits per heavy atom. The van der Waals surface area contributed by atoms with E-state index in [1.54, 1.807) is 0 Å². The molecule has 162 valence electrons. The summed E-state index contributed by atoms with van der Waals surface area (Å²) in [6.07, 6.45) is 1.71. The lowest BCUT2D eigenvalue weighted by Gasteiger charge is -2.38. The predicted molar refractivity (Wildman–Crippen MR) is 138 cm³/mol. The van der Waals surface area contributed by atoms with Gasteiger partial charge in [-0.25, -0.2) is 0 Å². The van der Waals surface area contributed by atoms with Crippen molar-refractivity contribution < 1.29 is 5.11 Å². The summed E-state index contributed by atoms with van der Waals surface area (Å²) in [5.74, 6) is 0. The van der Waals surface area contributed by atoms with Crippen LogP contribution in [0, 0.1) is 41.5 Å². The van der Waals surface area contributed by atoms with Gasteiger partial charge >= 0.3 is 0 Å². The molecule has 0 aliphatic rings. The van der Waals surface area contributed by atoms with Gasteiger partial charge in [0.1, 0.15) is 8.07 Å². The summed E-state index contributed by atoms with van der Waals surface area (Å²) in [6.45, 7) is 17.6. The zero-order chi connectivity index (χ0) is 22.9. The average molecular weight is 429 g/mol. The lowest BCUT2D eigenvalue weighted by Crippen LogP contribution is -2.62. The van der Waals surface area contributed by atoms with Gasteiger partial charge in [-0.3, -0.25) is 0 Å². The third-order valence-corrected chi connectivity index (χ3v) is 11.8. The Morgan fingerprint density at radius 2 is 1.13 bits per heavy atom. The van der Waals surface area contributed by atoms with Crippen LogP contribution >= 0.6 is 0 Å². The van der Waals surface area contributed by atoms with E-state index in [1.807, 2.05) is 13.0 Å². The van der Waals surface area contributed by atoms with Crippen molar-refractivity contribution in [2.45, 2.75) is 61.1 Å². The van der Waals surface area contributed by atoms with Crippen molar-refractivity contribution in [1.29, 1.82) is 0 Å². The molecule has 0 bridgehead atoms. The summed E-state index contributed by atoms with van der Waals surface area (Å²) in [6, 6.07) is 19.6. The number of hydrogen-bond donors (Lipinski definition) is 1. The van der Waals surface area contributed by atoms with Crippen molar-refractivity contribution in [2.75, 3.05) is 0 Å². The van der Waals surface area contributed by atoms with Gasteiger partial charge in [0, 0.05) is 0 Å². The van der Waals surface area contributed by atoms with E-state index < -0.39 is 14.2 Å². The predicted octanol–water partition coefficient (Wildman–Crippen LogP) is 5.73. The zero-order valence-corrected chi connectivity index (χ0v) is 21.3. The van der Waals surface area contributed by atoms with Gasteiger partial charge < -0.3 is 5.11 Å². The summed E-state index contributed by atoms with van der Waals surface area (Å²) >= 11 is 0. The van der Waals surface area contributed by atoms with Crippen LogP contribution in [0.3, 0.4) is 0 Å². The molecule has 1 unspecified atom stereocenters. The Bertz CT molecular complexity index is 1020. The molecule has 3 aromatic carbocycles. The Hall–Kier alpha value is -2.42. The van der Waals surface area contributed by atoms with E-state index in [1.165, 1.54) is 43.8 Å². The highest BCUT2D eigenvalue weighted by Gasteiger charge is 2.42. The molecule has 2 heteroatoms. The van der Waals surface area contributed by atoms with Crippen LogP contribution < -0.4 is 10.4 Å². The van der Waals surface area contributed by atoms with Crippen LogP contribution in [0.25, 0.3) is 6.08 Å². The molecule has 0 spiro atoms. The summed E-state index contributed by atoms with van der Waals surface area (Å²) in [5, 5.41) is 15.2. The van der Waals surface area contributed by atoms with E-state index in [4.69, 9.17) is 0 Å². The number of aliphatic hydroxyl groups is 1. The fourth-order valence-corrected chi connectivity index (χ4v) is 11.3. The highest BCUT2D eigenvalue weighted by Crippen LogP contribution is 2.28. The number of aliphatic hydroxyl groups excluding tert-OH is 1. The smallest absolute Gasteiger partial charge is 0.145 e. The van der Waals surface area contributed by atoms with E-state index in [0.717, 1.165) is 10.8 Å². The monoisotopic (exact) mass is 428 g/mol. The van der Waals surface area contributed by atoms with Crippen LogP contribution in [0.2, 0.25) is 6.55 Å². The molecule has 3 aromatic rings. The minimum atomic E-state index is -2.49. The van der Waals surface area contributed by atoms with Gasteiger partial charge in [-0.05, 0) is 69.6 Å². The molecule has 31 heavy (non-hydrogen) atoms. The molecule has 0 radical (unpaired) electrons. The first-order valence-electron chi connectivity index (χ1n) is 11.2. The molecule has 0 aliphatic carbocycles. The Balaban J connectivity index is 2.47. The lowest BCUT2D eigenvalue weighted by molar-refractivity contribution is 0.239. The lowest BCUT2D eigenvalue weighted by atomic mass is 10.1. The Kier molecular flexibility index (Phi) is 6.73. The van der Waals surface area contributed by atoms with Crippen molar-refractivity contribution in [1.82, 2.24) is 0 Å². The first-order valence-corrected chi connectivity index (χ1v) is 13.7. The van der Waals surface area contributed by atoms with Crippen molar-refractivity contribution in [3.05, 3.63) is 98.7 Å². The van der Waals surface area contributed by atoms with Crippen LogP contribution in [0.1, 0.15) is 45.9 Å². The molecular weight excluding hydrogens is 392 g/mol. The van der Waals surface area contributed by atoms with E-state index >= 15 is 0 Å². The average Bonchev–Trinajstić information content (AvgIpc) is 2.64. The molecule has 1 nitrogen and oxygen atoms in total. The summed E-state index contributed by atoms with van der Waals surface area (Å²) in [4.78, 5) is 0. The molecule has 0 saturated heterocycles. The normalized spacial score (nSPS) is 13.4. The Labute approximate surface area is 189 Å². The highest BCUT2D eigenvalue weighted by molar-refractivity contribution is 7.08. The standard InChI is InChI=1S/C29H36OSi/c1-19-14-21(3)28(22(4)15-19)31(8,29-23(5)16-20(2)17-24(29)6)27(25(7)30)18-26-12-10-9-11-13-26/h9-18,25,30H,1-8H3/b27-18+. The van der Waals surface area contributed by atoms with E-state index in [9.17, 15) is 5.11 Å². The van der Waals surface area contributed by atoms with Gasteiger partial charge in [-0.15, -0.1) is 0 Å². The largest absolute Gasteiger partial charge is 0.389 e. The maximum absolute atomic E-state index is 11.2. The molecule has 0 heterocycles. The maximum Gasteiger partial charge on any atom is 0.145 e. The van der Waals surface area contributed by atoms with Gasteiger partial charge in [-0.1, -0.05) is 101 Å². The van der Waals surface area contributed by atoms with Crippen molar-refractivity contribution in [3.63, 3.8) is 0 Å². The second-order valence-corrected chi connectivity index (χ2v) is 13.2. The molecule has 0 saturated carbocycles. The van der Waals surface area contributed by atoms with Crippen LogP contribution in [0.4, 0.5) is 0 Å². The molecule has 0 amide bonds.